The van der Waals surface area contributed by atoms with Crippen molar-refractivity contribution in [1.29, 1.82) is 0 Å². The Morgan fingerprint density at radius 1 is 0.944 bits per heavy atom. The first-order chi connectivity index (χ1) is 17.2. The van der Waals surface area contributed by atoms with Gasteiger partial charge >= 0.3 is 6.18 Å². The van der Waals surface area contributed by atoms with Crippen molar-refractivity contribution in [2.45, 2.75) is 83.2 Å². The SMILES string of the molecule is CCCCC[C@H](F)[C@H](F)C(=O)Nc1ccc(CCc2ccc(C(F)(F)F)cc2)cc1N1CCCCC1. The van der Waals surface area contributed by atoms with E-state index in [2.05, 4.69) is 10.2 Å². The number of nitrogens with one attached hydrogen (secondary N) is 1. The minimum Gasteiger partial charge on any atom is -0.370 e. The van der Waals surface area contributed by atoms with E-state index in [-0.39, 0.29) is 6.42 Å². The summed E-state index contributed by atoms with van der Waals surface area (Å²) in [4.78, 5) is 14.6. The standard InChI is InChI=1S/C28H35F5N2O/c1-2-3-5-8-23(29)26(30)27(36)34-24-16-13-21(19-25(24)35-17-6-4-7-18-35)10-9-20-11-14-22(15-12-20)28(31,32)33/h11-16,19,23,26H,2-10,17-18H2,1H3,(H,34,36)/t23-,26-/m0/s1. The molecule has 0 aromatic heterocycles. The number of nitrogens with zero attached hydrogens (tertiary/aromatic N) is 1. The molecule has 2 aromatic carbocycles. The third kappa shape index (κ3) is 7.93. The first-order valence-electron chi connectivity index (χ1n) is 12.8. The molecule has 2 aromatic rings. The third-order valence-corrected chi connectivity index (χ3v) is 6.65. The van der Waals surface area contributed by atoms with Crippen LogP contribution < -0.4 is 10.2 Å². The second-order valence-corrected chi connectivity index (χ2v) is 9.50. The van der Waals surface area contributed by atoms with Gasteiger partial charge in [-0.15, -0.1) is 0 Å². The first-order valence-corrected chi connectivity index (χ1v) is 12.8. The number of aryl methyl sites for hydroxylation is 2. The summed E-state index contributed by atoms with van der Waals surface area (Å²) in [6.45, 7) is 3.57. The van der Waals surface area contributed by atoms with Crippen LogP contribution in [0, 0.1) is 0 Å². The summed E-state index contributed by atoms with van der Waals surface area (Å²) in [5.74, 6) is -0.977. The number of rotatable bonds is 11. The van der Waals surface area contributed by atoms with Gasteiger partial charge in [0.05, 0.1) is 16.9 Å². The number of carbonyl (C=O) groups excluding carboxylic acids is 1. The molecular weight excluding hydrogens is 475 g/mol. The predicted octanol–water partition coefficient (Wildman–Crippen LogP) is 7.68. The van der Waals surface area contributed by atoms with E-state index in [1.807, 2.05) is 19.1 Å². The Labute approximate surface area is 210 Å². The summed E-state index contributed by atoms with van der Waals surface area (Å²) < 4.78 is 67.1. The van der Waals surface area contributed by atoms with E-state index in [1.54, 1.807) is 6.07 Å². The molecule has 0 aliphatic carbocycles. The van der Waals surface area contributed by atoms with Gasteiger partial charge in [-0.2, -0.15) is 13.2 Å². The molecule has 0 saturated carbocycles. The lowest BCUT2D eigenvalue weighted by molar-refractivity contribution is -0.137. The molecule has 0 radical (unpaired) electrons. The number of hydrogen-bond donors (Lipinski definition) is 1. The molecule has 36 heavy (non-hydrogen) atoms. The number of anilines is 2. The van der Waals surface area contributed by atoms with Crippen LogP contribution in [0.15, 0.2) is 42.5 Å². The zero-order valence-corrected chi connectivity index (χ0v) is 20.7. The molecule has 1 aliphatic rings. The van der Waals surface area contributed by atoms with Gasteiger partial charge in [0.15, 0.2) is 0 Å². The Hall–Kier alpha value is -2.64. The minimum absolute atomic E-state index is 0.0182. The average Bonchev–Trinajstić information content (AvgIpc) is 2.88. The molecule has 3 rings (SSSR count). The Morgan fingerprint density at radius 3 is 2.22 bits per heavy atom. The number of hydrogen-bond acceptors (Lipinski definition) is 2. The second-order valence-electron chi connectivity index (χ2n) is 9.50. The van der Waals surface area contributed by atoms with Gasteiger partial charge in [-0.25, -0.2) is 8.78 Å². The highest BCUT2D eigenvalue weighted by molar-refractivity contribution is 5.97. The second kappa shape index (κ2) is 13.1. The number of halogens is 5. The largest absolute Gasteiger partial charge is 0.416 e. The van der Waals surface area contributed by atoms with Crippen molar-refractivity contribution in [3.63, 3.8) is 0 Å². The van der Waals surface area contributed by atoms with Crippen LogP contribution in [-0.2, 0) is 23.8 Å². The number of amides is 1. The molecule has 1 saturated heterocycles. The summed E-state index contributed by atoms with van der Waals surface area (Å²) in [7, 11) is 0. The van der Waals surface area contributed by atoms with Crippen molar-refractivity contribution in [1.82, 2.24) is 0 Å². The van der Waals surface area contributed by atoms with Crippen molar-refractivity contribution in [3.8, 4) is 0 Å². The number of benzene rings is 2. The molecule has 0 bridgehead atoms. The fraction of sp³-hybridized carbons (Fsp3) is 0.536. The quantitative estimate of drug-likeness (QED) is 0.248. The zero-order chi connectivity index (χ0) is 26.1. The fourth-order valence-electron chi connectivity index (χ4n) is 4.49. The summed E-state index contributed by atoms with van der Waals surface area (Å²) in [6.07, 6.45) is -1.93. The van der Waals surface area contributed by atoms with Gasteiger partial charge < -0.3 is 10.2 Å². The predicted molar refractivity (Wildman–Crippen MR) is 134 cm³/mol. The lowest BCUT2D eigenvalue weighted by Crippen LogP contribution is -2.34. The molecule has 3 nitrogen and oxygen atoms in total. The number of alkyl halides is 5. The molecule has 2 atom stereocenters. The van der Waals surface area contributed by atoms with E-state index in [1.165, 1.54) is 12.1 Å². The van der Waals surface area contributed by atoms with Crippen LogP contribution in [0.4, 0.5) is 33.3 Å². The van der Waals surface area contributed by atoms with Gasteiger partial charge in [-0.05, 0) is 73.9 Å². The molecule has 1 heterocycles. The first kappa shape index (κ1) is 27.9. The smallest absolute Gasteiger partial charge is 0.370 e. The zero-order valence-electron chi connectivity index (χ0n) is 20.7. The van der Waals surface area contributed by atoms with Gasteiger partial charge in [0.1, 0.15) is 6.17 Å². The Bertz CT molecular complexity index is 971. The van der Waals surface area contributed by atoms with Crippen molar-refractivity contribution < 1.29 is 26.7 Å². The highest BCUT2D eigenvalue weighted by atomic mass is 19.4. The van der Waals surface area contributed by atoms with Gasteiger partial charge in [-0.3, -0.25) is 4.79 Å². The average molecular weight is 511 g/mol. The molecule has 1 N–H and O–H groups in total. The van der Waals surface area contributed by atoms with Crippen LogP contribution in [-0.4, -0.2) is 31.3 Å². The fourth-order valence-corrected chi connectivity index (χ4v) is 4.49. The van der Waals surface area contributed by atoms with Crippen molar-refractivity contribution >= 4 is 17.3 Å². The van der Waals surface area contributed by atoms with E-state index in [9.17, 15) is 26.7 Å². The van der Waals surface area contributed by atoms with Crippen molar-refractivity contribution in [3.05, 3.63) is 59.2 Å². The molecule has 198 valence electrons. The summed E-state index contributed by atoms with van der Waals surface area (Å²) in [6, 6.07) is 10.6. The van der Waals surface area contributed by atoms with Gasteiger partial charge in [0.2, 0.25) is 6.17 Å². The van der Waals surface area contributed by atoms with Gasteiger partial charge in [-0.1, -0.05) is 44.4 Å². The van der Waals surface area contributed by atoms with E-state index in [4.69, 9.17) is 0 Å². The number of carbonyl (C=O) groups is 1. The van der Waals surface area contributed by atoms with Crippen molar-refractivity contribution in [2.24, 2.45) is 0 Å². The number of piperidine rings is 1. The van der Waals surface area contributed by atoms with Crippen molar-refractivity contribution in [2.75, 3.05) is 23.3 Å². The molecule has 0 spiro atoms. The van der Waals surface area contributed by atoms with E-state index in [0.29, 0.717) is 24.9 Å². The van der Waals surface area contributed by atoms with Crippen LogP contribution in [0.1, 0.15) is 68.6 Å². The summed E-state index contributed by atoms with van der Waals surface area (Å²) >= 11 is 0. The molecular formula is C28H35F5N2O. The maximum Gasteiger partial charge on any atom is 0.416 e. The normalized spacial score (nSPS) is 16.0. The molecule has 1 amide bonds. The van der Waals surface area contributed by atoms with Crippen LogP contribution in [0.3, 0.4) is 0 Å². The minimum atomic E-state index is -4.36. The highest BCUT2D eigenvalue weighted by Gasteiger charge is 2.30. The third-order valence-electron chi connectivity index (χ3n) is 6.65. The van der Waals surface area contributed by atoms with Crippen LogP contribution >= 0.6 is 0 Å². The lowest BCUT2D eigenvalue weighted by Gasteiger charge is -2.31. The maximum atomic E-state index is 14.5. The van der Waals surface area contributed by atoms with E-state index >= 15 is 0 Å². The Kier molecular flexibility index (Phi) is 10.1. The maximum absolute atomic E-state index is 14.5. The lowest BCUT2D eigenvalue weighted by atomic mass is 10.0. The van der Waals surface area contributed by atoms with Crippen LogP contribution in [0.25, 0.3) is 0 Å². The number of unbranched alkanes of at least 4 members (excludes halogenated alkanes) is 2. The van der Waals surface area contributed by atoms with Gasteiger partial charge in [0, 0.05) is 13.1 Å². The molecule has 0 unspecified atom stereocenters. The Morgan fingerprint density at radius 2 is 1.58 bits per heavy atom. The Balaban J connectivity index is 1.71. The van der Waals surface area contributed by atoms with E-state index < -0.39 is 30.0 Å². The van der Waals surface area contributed by atoms with Crippen LogP contribution in [0.2, 0.25) is 0 Å². The van der Waals surface area contributed by atoms with Crippen LogP contribution in [0.5, 0.6) is 0 Å². The topological polar surface area (TPSA) is 32.3 Å². The monoisotopic (exact) mass is 510 g/mol. The summed E-state index contributed by atoms with van der Waals surface area (Å²) in [5.41, 5.74) is 2.28. The van der Waals surface area contributed by atoms with Gasteiger partial charge in [0.25, 0.3) is 5.91 Å². The highest BCUT2D eigenvalue weighted by Crippen LogP contribution is 2.32. The molecule has 1 fully saturated rings. The molecule has 8 heteroatoms. The molecule has 1 aliphatic heterocycles. The summed E-state index contributed by atoms with van der Waals surface area (Å²) in [5, 5.41) is 2.60. The van der Waals surface area contributed by atoms with E-state index in [0.717, 1.165) is 74.1 Å².